The number of unbranched alkanes of at least 4 members (excludes halogenated alkanes) is 37. The molecule has 0 aliphatic carbocycles. The van der Waals surface area contributed by atoms with E-state index in [1.807, 2.05) is 0 Å². The Morgan fingerprint density at radius 2 is 0.494 bits per heavy atom. The van der Waals surface area contributed by atoms with Crippen molar-refractivity contribution < 1.29 is 28.6 Å². The number of hydrogen-bond acceptors (Lipinski definition) is 6. The zero-order valence-corrected chi connectivity index (χ0v) is 52.4. The normalized spacial score (nSPS) is 12.6. The predicted octanol–water partition coefficient (Wildman–Crippen LogP) is 23.4. The molecule has 0 aromatic heterocycles. The third kappa shape index (κ3) is 65.3. The van der Waals surface area contributed by atoms with Crippen LogP contribution in [0.2, 0.25) is 0 Å². The molecular formula is C73H128O6. The van der Waals surface area contributed by atoms with Crippen LogP contribution < -0.4 is 0 Å². The second-order valence-corrected chi connectivity index (χ2v) is 22.7. The lowest BCUT2D eigenvalue weighted by molar-refractivity contribution is -0.167. The summed E-state index contributed by atoms with van der Waals surface area (Å²) in [4.78, 5) is 38.1. The largest absolute Gasteiger partial charge is 0.462 e. The quantitative estimate of drug-likeness (QED) is 0.0261. The molecule has 6 heteroatoms. The molecule has 6 nitrogen and oxygen atoms in total. The van der Waals surface area contributed by atoms with Gasteiger partial charge in [-0.2, -0.15) is 0 Å². The summed E-state index contributed by atoms with van der Waals surface area (Å²) in [5.41, 5.74) is 0. The summed E-state index contributed by atoms with van der Waals surface area (Å²) in [6.07, 6.45) is 89.2. The van der Waals surface area contributed by atoms with Crippen molar-refractivity contribution in [1.82, 2.24) is 0 Å². The van der Waals surface area contributed by atoms with Crippen LogP contribution in [0.15, 0.2) is 85.1 Å². The van der Waals surface area contributed by atoms with E-state index >= 15 is 0 Å². The fraction of sp³-hybridized carbons (Fsp3) is 0.767. The van der Waals surface area contributed by atoms with Crippen LogP contribution in [-0.2, 0) is 28.6 Å². The van der Waals surface area contributed by atoms with E-state index < -0.39 is 6.10 Å². The first-order chi connectivity index (χ1) is 39.0. The Bertz CT molecular complexity index is 1500. The minimum Gasteiger partial charge on any atom is -0.462 e. The Morgan fingerprint density at radius 1 is 0.266 bits per heavy atom. The molecule has 0 spiro atoms. The molecule has 1 unspecified atom stereocenters. The van der Waals surface area contributed by atoms with Gasteiger partial charge in [0.2, 0.25) is 0 Å². The number of esters is 3. The average molecular weight is 1100 g/mol. The summed E-state index contributed by atoms with van der Waals surface area (Å²) in [6.45, 7) is 6.51. The summed E-state index contributed by atoms with van der Waals surface area (Å²) in [7, 11) is 0. The standard InChI is InChI=1S/C73H128O6/c1-4-7-10-13-16-18-20-22-24-26-28-30-32-33-34-35-36-37-38-39-41-42-44-46-48-50-52-54-57-60-63-66-72(75)78-69-70(68-77-71(74)65-62-59-56-15-12-9-6-3)79-73(76)67-64-61-58-55-53-51-49-47-45-43-40-31-29-27-25-23-21-19-17-14-11-8-5-2/h7,10,16,18,21-24,27-30,33-34,70H,4-6,8-9,11-15,17,19-20,25-26,31-32,35-69H2,1-3H3/b10-7-,18-16-,23-21-,24-22-,29-27-,30-28-,34-33-. The summed E-state index contributed by atoms with van der Waals surface area (Å²) in [5.74, 6) is -0.867. The van der Waals surface area contributed by atoms with E-state index in [2.05, 4.69) is 106 Å². The molecule has 0 fully saturated rings. The van der Waals surface area contributed by atoms with Crippen molar-refractivity contribution in [2.45, 2.75) is 348 Å². The Balaban J connectivity index is 4.06. The number of ether oxygens (including phenoxy) is 3. The summed E-state index contributed by atoms with van der Waals surface area (Å²) >= 11 is 0. The molecule has 0 bridgehead atoms. The molecule has 0 saturated carbocycles. The maximum absolute atomic E-state index is 12.9. The average Bonchev–Trinajstić information content (AvgIpc) is 3.45. The highest BCUT2D eigenvalue weighted by Crippen LogP contribution is 2.17. The topological polar surface area (TPSA) is 78.9 Å². The fourth-order valence-corrected chi connectivity index (χ4v) is 9.80. The van der Waals surface area contributed by atoms with E-state index in [0.29, 0.717) is 19.3 Å². The second kappa shape index (κ2) is 67.1. The molecule has 0 N–H and O–H groups in total. The Labute approximate surface area is 490 Å². The Morgan fingerprint density at radius 3 is 0.772 bits per heavy atom. The van der Waals surface area contributed by atoms with E-state index in [0.717, 1.165) is 96.3 Å². The van der Waals surface area contributed by atoms with E-state index in [1.54, 1.807) is 0 Å². The lowest BCUT2D eigenvalue weighted by atomic mass is 10.0. The van der Waals surface area contributed by atoms with Gasteiger partial charge in [-0.1, -0.05) is 311 Å². The molecule has 0 aliphatic heterocycles. The molecule has 0 aromatic rings. The van der Waals surface area contributed by atoms with Gasteiger partial charge in [0.05, 0.1) is 0 Å². The monoisotopic (exact) mass is 1100 g/mol. The highest BCUT2D eigenvalue weighted by molar-refractivity contribution is 5.71. The molecule has 0 amide bonds. The maximum atomic E-state index is 12.9. The molecule has 1 atom stereocenters. The van der Waals surface area contributed by atoms with Crippen molar-refractivity contribution >= 4 is 17.9 Å². The number of hydrogen-bond donors (Lipinski definition) is 0. The van der Waals surface area contributed by atoms with Crippen molar-refractivity contribution in [2.24, 2.45) is 0 Å². The van der Waals surface area contributed by atoms with E-state index in [-0.39, 0.29) is 31.1 Å². The molecule has 456 valence electrons. The van der Waals surface area contributed by atoms with Gasteiger partial charge in [0.25, 0.3) is 0 Å². The van der Waals surface area contributed by atoms with Gasteiger partial charge in [0.15, 0.2) is 6.10 Å². The van der Waals surface area contributed by atoms with Gasteiger partial charge in [-0.3, -0.25) is 14.4 Å². The third-order valence-corrected chi connectivity index (χ3v) is 14.9. The van der Waals surface area contributed by atoms with Crippen molar-refractivity contribution in [3.05, 3.63) is 85.1 Å². The molecule has 0 saturated heterocycles. The van der Waals surface area contributed by atoms with Gasteiger partial charge >= 0.3 is 17.9 Å². The summed E-state index contributed by atoms with van der Waals surface area (Å²) in [5, 5.41) is 0. The maximum Gasteiger partial charge on any atom is 0.306 e. The van der Waals surface area contributed by atoms with Gasteiger partial charge in [-0.25, -0.2) is 0 Å². The lowest BCUT2D eigenvalue weighted by Crippen LogP contribution is -2.30. The molecule has 0 aliphatic rings. The van der Waals surface area contributed by atoms with Crippen molar-refractivity contribution in [2.75, 3.05) is 13.2 Å². The highest BCUT2D eigenvalue weighted by Gasteiger charge is 2.19. The predicted molar refractivity (Wildman–Crippen MR) is 344 cm³/mol. The molecule has 0 heterocycles. The van der Waals surface area contributed by atoms with Gasteiger partial charge in [0.1, 0.15) is 13.2 Å². The van der Waals surface area contributed by atoms with Crippen LogP contribution >= 0.6 is 0 Å². The Hall–Kier alpha value is -3.41. The molecule has 79 heavy (non-hydrogen) atoms. The smallest absolute Gasteiger partial charge is 0.306 e. The van der Waals surface area contributed by atoms with Gasteiger partial charge < -0.3 is 14.2 Å². The number of carbonyl (C=O) groups is 3. The first-order valence-electron chi connectivity index (χ1n) is 34.1. The zero-order chi connectivity index (χ0) is 57.1. The third-order valence-electron chi connectivity index (χ3n) is 14.9. The lowest BCUT2D eigenvalue weighted by Gasteiger charge is -2.18. The molecule has 0 aromatic carbocycles. The van der Waals surface area contributed by atoms with Crippen molar-refractivity contribution in [3.8, 4) is 0 Å². The molecular weight excluding hydrogens is 973 g/mol. The zero-order valence-electron chi connectivity index (χ0n) is 52.4. The minimum atomic E-state index is -0.774. The van der Waals surface area contributed by atoms with Crippen molar-refractivity contribution in [1.29, 1.82) is 0 Å². The fourth-order valence-electron chi connectivity index (χ4n) is 9.80. The number of carbonyl (C=O) groups excluding carboxylic acids is 3. The van der Waals surface area contributed by atoms with Crippen LogP contribution in [0.3, 0.4) is 0 Å². The van der Waals surface area contributed by atoms with Crippen LogP contribution in [-0.4, -0.2) is 37.2 Å². The highest BCUT2D eigenvalue weighted by atomic mass is 16.6. The van der Waals surface area contributed by atoms with Crippen LogP contribution in [0.25, 0.3) is 0 Å². The summed E-state index contributed by atoms with van der Waals surface area (Å²) < 4.78 is 16.9. The first-order valence-corrected chi connectivity index (χ1v) is 34.1. The minimum absolute atomic E-state index is 0.0733. The van der Waals surface area contributed by atoms with Gasteiger partial charge in [-0.05, 0) is 96.3 Å². The summed E-state index contributed by atoms with van der Waals surface area (Å²) in [6, 6.07) is 0. The number of rotatable bonds is 62. The van der Waals surface area contributed by atoms with E-state index in [9.17, 15) is 14.4 Å². The van der Waals surface area contributed by atoms with Crippen molar-refractivity contribution in [3.63, 3.8) is 0 Å². The second-order valence-electron chi connectivity index (χ2n) is 22.7. The molecule has 0 radical (unpaired) electrons. The van der Waals surface area contributed by atoms with Crippen LogP contribution in [0.1, 0.15) is 342 Å². The molecule has 0 rings (SSSR count). The van der Waals surface area contributed by atoms with Crippen LogP contribution in [0.4, 0.5) is 0 Å². The van der Waals surface area contributed by atoms with E-state index in [1.165, 1.54) is 205 Å². The van der Waals surface area contributed by atoms with Gasteiger partial charge in [-0.15, -0.1) is 0 Å². The SMILES string of the molecule is CC/C=C\C/C=C\C/C=C\C/C=C\C/C=C\CCCCCCCCCCCCCCCCCC(=O)OCC(COC(=O)CCCCCCCCC)OC(=O)CCCCCCCCCCCCC/C=C\C/C=C\CCCCCCC. The van der Waals surface area contributed by atoms with E-state index in [4.69, 9.17) is 14.2 Å². The van der Waals surface area contributed by atoms with Crippen LogP contribution in [0.5, 0.6) is 0 Å². The Kier molecular flexibility index (Phi) is 64.2. The first kappa shape index (κ1) is 75.6. The number of allylic oxidation sites excluding steroid dienone is 14. The van der Waals surface area contributed by atoms with Crippen LogP contribution in [0, 0.1) is 0 Å². The van der Waals surface area contributed by atoms with Gasteiger partial charge in [0, 0.05) is 19.3 Å².